The van der Waals surface area contributed by atoms with Crippen molar-refractivity contribution < 1.29 is 9.59 Å². The second-order valence-corrected chi connectivity index (χ2v) is 7.01. The maximum absolute atomic E-state index is 12.4. The summed E-state index contributed by atoms with van der Waals surface area (Å²) in [7, 11) is 0. The molecule has 0 saturated heterocycles. The van der Waals surface area contributed by atoms with Crippen molar-refractivity contribution in [2.75, 3.05) is 11.9 Å². The van der Waals surface area contributed by atoms with Gasteiger partial charge in [-0.3, -0.25) is 9.59 Å². The summed E-state index contributed by atoms with van der Waals surface area (Å²) in [6, 6.07) is 17.3. The molecule has 142 valence electrons. The van der Waals surface area contributed by atoms with Crippen LogP contribution in [0, 0.1) is 0 Å². The predicted molar refractivity (Wildman–Crippen MR) is 108 cm³/mol. The first-order valence-corrected chi connectivity index (χ1v) is 9.66. The molecule has 2 aromatic rings. The predicted octanol–water partition coefficient (Wildman–Crippen LogP) is 3.48. The van der Waals surface area contributed by atoms with Crippen molar-refractivity contribution in [3.8, 4) is 0 Å². The van der Waals surface area contributed by atoms with E-state index in [1.165, 1.54) is 19.3 Å². The van der Waals surface area contributed by atoms with E-state index >= 15 is 0 Å². The summed E-state index contributed by atoms with van der Waals surface area (Å²) in [6.45, 7) is 0.701. The molecule has 3 rings (SSSR count). The third kappa shape index (κ3) is 6.13. The Balaban J connectivity index is 1.47. The van der Waals surface area contributed by atoms with Gasteiger partial charge in [0.25, 0.3) is 5.91 Å². The molecule has 1 fully saturated rings. The van der Waals surface area contributed by atoms with Crippen LogP contribution in [-0.2, 0) is 11.3 Å². The van der Waals surface area contributed by atoms with Crippen LogP contribution in [0.25, 0.3) is 0 Å². The molecule has 0 spiro atoms. The third-order valence-corrected chi connectivity index (χ3v) is 4.84. The Hall–Kier alpha value is -2.82. The standard InChI is InChI=1S/C22H27N3O2/c26-21(25-19-11-5-2-6-12-19)16-23-20-13-7-10-18(14-20)22(27)24-15-17-8-3-1-4-9-17/h1,3-4,7-10,13-14,19,23H,2,5-6,11-12,15-16H2,(H,24,27)(H,25,26). The second-order valence-electron chi connectivity index (χ2n) is 7.01. The van der Waals surface area contributed by atoms with Gasteiger partial charge < -0.3 is 16.0 Å². The summed E-state index contributed by atoms with van der Waals surface area (Å²) >= 11 is 0. The molecule has 0 atom stereocenters. The Kier molecular flexibility index (Phi) is 6.85. The normalized spacial score (nSPS) is 14.4. The molecule has 0 heterocycles. The molecular formula is C22H27N3O2. The average molecular weight is 365 g/mol. The van der Waals surface area contributed by atoms with Gasteiger partial charge in [0.05, 0.1) is 6.54 Å². The molecule has 0 bridgehead atoms. The molecule has 27 heavy (non-hydrogen) atoms. The minimum absolute atomic E-state index is 0.000771. The summed E-state index contributed by atoms with van der Waals surface area (Å²) in [5.41, 5.74) is 2.39. The monoisotopic (exact) mass is 365 g/mol. The molecule has 2 amide bonds. The highest BCUT2D eigenvalue weighted by atomic mass is 16.2. The maximum Gasteiger partial charge on any atom is 0.251 e. The topological polar surface area (TPSA) is 70.2 Å². The molecule has 5 heteroatoms. The van der Waals surface area contributed by atoms with Crippen LogP contribution in [0.3, 0.4) is 0 Å². The SMILES string of the molecule is O=C(CNc1cccc(C(=O)NCc2ccccc2)c1)NC1CCCCC1. The van der Waals surface area contributed by atoms with Crippen molar-refractivity contribution in [2.24, 2.45) is 0 Å². The fraction of sp³-hybridized carbons (Fsp3) is 0.364. The smallest absolute Gasteiger partial charge is 0.251 e. The van der Waals surface area contributed by atoms with Crippen LogP contribution in [0.5, 0.6) is 0 Å². The van der Waals surface area contributed by atoms with Crippen molar-refractivity contribution in [3.05, 3.63) is 65.7 Å². The van der Waals surface area contributed by atoms with Crippen LogP contribution < -0.4 is 16.0 Å². The first-order valence-electron chi connectivity index (χ1n) is 9.66. The number of carbonyl (C=O) groups is 2. The fourth-order valence-electron chi connectivity index (χ4n) is 3.36. The molecule has 1 aliphatic rings. The summed E-state index contributed by atoms with van der Waals surface area (Å²) in [4.78, 5) is 24.5. The first kappa shape index (κ1) is 19.0. The Morgan fingerprint density at radius 3 is 2.48 bits per heavy atom. The van der Waals surface area contributed by atoms with Crippen molar-refractivity contribution in [2.45, 2.75) is 44.7 Å². The minimum Gasteiger partial charge on any atom is -0.376 e. The van der Waals surface area contributed by atoms with Gasteiger partial charge in [-0.1, -0.05) is 55.7 Å². The van der Waals surface area contributed by atoms with Crippen LogP contribution in [0.4, 0.5) is 5.69 Å². The van der Waals surface area contributed by atoms with Crippen molar-refractivity contribution >= 4 is 17.5 Å². The van der Waals surface area contributed by atoms with Gasteiger partial charge in [0.15, 0.2) is 0 Å². The van der Waals surface area contributed by atoms with Gasteiger partial charge in [-0.2, -0.15) is 0 Å². The van der Waals surface area contributed by atoms with Crippen molar-refractivity contribution in [3.63, 3.8) is 0 Å². The number of amides is 2. The third-order valence-electron chi connectivity index (χ3n) is 4.84. The number of carbonyl (C=O) groups excluding carboxylic acids is 2. The molecule has 1 saturated carbocycles. The maximum atomic E-state index is 12.4. The molecular weight excluding hydrogens is 338 g/mol. The Labute approximate surface area is 160 Å². The van der Waals surface area contributed by atoms with Gasteiger partial charge in [0.1, 0.15) is 0 Å². The lowest BCUT2D eigenvalue weighted by atomic mass is 9.95. The minimum atomic E-state index is -0.130. The van der Waals surface area contributed by atoms with Gasteiger partial charge in [0.2, 0.25) is 5.91 Å². The zero-order chi connectivity index (χ0) is 18.9. The van der Waals surface area contributed by atoms with E-state index in [0.29, 0.717) is 18.2 Å². The van der Waals surface area contributed by atoms with E-state index in [9.17, 15) is 9.59 Å². The van der Waals surface area contributed by atoms with Crippen LogP contribution in [0.2, 0.25) is 0 Å². The number of anilines is 1. The van der Waals surface area contributed by atoms with E-state index in [1.807, 2.05) is 42.5 Å². The van der Waals surface area contributed by atoms with E-state index in [1.54, 1.807) is 12.1 Å². The van der Waals surface area contributed by atoms with Crippen LogP contribution in [-0.4, -0.2) is 24.4 Å². The Morgan fingerprint density at radius 2 is 1.70 bits per heavy atom. The first-order chi connectivity index (χ1) is 13.2. The molecule has 0 unspecified atom stereocenters. The fourth-order valence-corrected chi connectivity index (χ4v) is 3.36. The van der Waals surface area contributed by atoms with Gasteiger partial charge in [0, 0.05) is 23.8 Å². The van der Waals surface area contributed by atoms with Gasteiger partial charge in [-0.15, -0.1) is 0 Å². The number of rotatable bonds is 7. The lowest BCUT2D eigenvalue weighted by molar-refractivity contribution is -0.120. The number of benzene rings is 2. The zero-order valence-corrected chi connectivity index (χ0v) is 15.5. The van der Waals surface area contributed by atoms with Crippen molar-refractivity contribution in [1.29, 1.82) is 0 Å². The number of hydrogen-bond acceptors (Lipinski definition) is 3. The molecule has 5 nitrogen and oxygen atoms in total. The highest BCUT2D eigenvalue weighted by Crippen LogP contribution is 2.17. The van der Waals surface area contributed by atoms with Crippen LogP contribution in [0.1, 0.15) is 48.0 Å². The van der Waals surface area contributed by atoms with Crippen LogP contribution >= 0.6 is 0 Å². The van der Waals surface area contributed by atoms with Crippen LogP contribution in [0.15, 0.2) is 54.6 Å². The highest BCUT2D eigenvalue weighted by Gasteiger charge is 2.15. The quantitative estimate of drug-likeness (QED) is 0.703. The number of hydrogen-bond donors (Lipinski definition) is 3. The average Bonchev–Trinajstić information content (AvgIpc) is 2.72. The Bertz CT molecular complexity index is 755. The lowest BCUT2D eigenvalue weighted by Crippen LogP contribution is -2.39. The van der Waals surface area contributed by atoms with Gasteiger partial charge in [-0.05, 0) is 36.6 Å². The van der Waals surface area contributed by atoms with E-state index in [2.05, 4.69) is 16.0 Å². The zero-order valence-electron chi connectivity index (χ0n) is 15.5. The molecule has 0 radical (unpaired) electrons. The molecule has 0 aromatic heterocycles. The van der Waals surface area contributed by atoms with Crippen molar-refractivity contribution in [1.82, 2.24) is 10.6 Å². The molecule has 3 N–H and O–H groups in total. The molecule has 0 aliphatic heterocycles. The number of nitrogens with one attached hydrogen (secondary N) is 3. The van der Waals surface area contributed by atoms with Gasteiger partial charge >= 0.3 is 0 Å². The van der Waals surface area contributed by atoms with E-state index in [-0.39, 0.29) is 18.4 Å². The van der Waals surface area contributed by atoms with E-state index in [0.717, 1.165) is 24.1 Å². The summed E-state index contributed by atoms with van der Waals surface area (Å²) < 4.78 is 0. The summed E-state index contributed by atoms with van der Waals surface area (Å²) in [5.74, 6) is -0.130. The molecule has 1 aliphatic carbocycles. The largest absolute Gasteiger partial charge is 0.376 e. The van der Waals surface area contributed by atoms with Gasteiger partial charge in [-0.25, -0.2) is 0 Å². The lowest BCUT2D eigenvalue weighted by Gasteiger charge is -2.22. The van der Waals surface area contributed by atoms with E-state index < -0.39 is 0 Å². The summed E-state index contributed by atoms with van der Waals surface area (Å²) in [5, 5.41) is 9.11. The summed E-state index contributed by atoms with van der Waals surface area (Å²) in [6.07, 6.45) is 5.80. The highest BCUT2D eigenvalue weighted by molar-refractivity contribution is 5.95. The van der Waals surface area contributed by atoms with E-state index in [4.69, 9.17) is 0 Å². The Morgan fingerprint density at radius 1 is 0.926 bits per heavy atom. The second kappa shape index (κ2) is 9.76. The molecule has 2 aromatic carbocycles.